The zero-order valence-corrected chi connectivity index (χ0v) is 22.7. The van der Waals surface area contributed by atoms with E-state index < -0.39 is 34.8 Å². The lowest BCUT2D eigenvalue weighted by atomic mass is 10.0. The Morgan fingerprint density at radius 1 is 1.00 bits per heavy atom. The molecule has 5 rings (SSSR count). The largest absolute Gasteiger partial charge is 0.417 e. The van der Waals surface area contributed by atoms with Crippen molar-refractivity contribution in [2.24, 2.45) is 0 Å². The molecule has 0 saturated carbocycles. The van der Waals surface area contributed by atoms with E-state index in [1.54, 1.807) is 18.3 Å². The molecule has 3 aromatic rings. The molecule has 0 spiro atoms. The lowest BCUT2D eigenvalue weighted by molar-refractivity contribution is -0.138. The number of hydrogen-bond acceptors (Lipinski definition) is 6. The second kappa shape index (κ2) is 11.6. The van der Waals surface area contributed by atoms with Crippen molar-refractivity contribution in [2.45, 2.75) is 19.1 Å². The summed E-state index contributed by atoms with van der Waals surface area (Å²) in [4.78, 5) is 23.9. The summed E-state index contributed by atoms with van der Waals surface area (Å²) >= 11 is 0. The minimum atomic E-state index is -4.95. The van der Waals surface area contributed by atoms with Crippen molar-refractivity contribution < 1.29 is 26.7 Å². The van der Waals surface area contributed by atoms with E-state index in [2.05, 4.69) is 25.4 Å². The third-order valence-corrected chi connectivity index (χ3v) is 7.67. The molecule has 12 heteroatoms. The van der Waals surface area contributed by atoms with E-state index >= 15 is 4.39 Å². The first-order chi connectivity index (χ1) is 19.5. The van der Waals surface area contributed by atoms with Crippen molar-refractivity contribution in [3.8, 4) is 11.1 Å². The number of rotatable bonds is 5. The van der Waals surface area contributed by atoms with Gasteiger partial charge in [-0.3, -0.25) is 4.79 Å². The molecule has 0 aliphatic carbocycles. The first kappa shape index (κ1) is 28.7. The van der Waals surface area contributed by atoms with Crippen molar-refractivity contribution in [3.63, 3.8) is 0 Å². The molecular formula is C29H31F5N6O. The number of carbonyl (C=O) groups excluding carboxylic acids is 1. The van der Waals surface area contributed by atoms with Gasteiger partial charge in [-0.25, -0.2) is 13.8 Å². The number of benzene rings is 2. The van der Waals surface area contributed by atoms with Crippen LogP contribution in [0.15, 0.2) is 48.7 Å². The second-order valence-electron chi connectivity index (χ2n) is 10.4. The van der Waals surface area contributed by atoms with E-state index in [0.717, 1.165) is 44.1 Å². The van der Waals surface area contributed by atoms with Gasteiger partial charge in [0.25, 0.3) is 5.91 Å². The van der Waals surface area contributed by atoms with Gasteiger partial charge in [-0.1, -0.05) is 0 Å². The number of alkyl halides is 3. The minimum absolute atomic E-state index is 0.116. The second-order valence-corrected chi connectivity index (χ2v) is 10.4. The number of anilines is 3. The van der Waals surface area contributed by atoms with Gasteiger partial charge in [0.05, 0.1) is 22.5 Å². The number of halogens is 5. The van der Waals surface area contributed by atoms with E-state index in [0.29, 0.717) is 37.0 Å². The van der Waals surface area contributed by atoms with Crippen LogP contribution in [0, 0.1) is 11.6 Å². The molecule has 0 radical (unpaired) electrons. The predicted octanol–water partition coefficient (Wildman–Crippen LogP) is 4.85. The Kier molecular flexibility index (Phi) is 8.14. The average molecular weight is 575 g/mol. The highest BCUT2D eigenvalue weighted by atomic mass is 19.4. The van der Waals surface area contributed by atoms with E-state index in [1.807, 2.05) is 18.9 Å². The van der Waals surface area contributed by atoms with Crippen LogP contribution < -0.4 is 20.4 Å². The van der Waals surface area contributed by atoms with Crippen molar-refractivity contribution in [1.29, 1.82) is 0 Å². The SMILES string of the molecule is C[C@H]1CN(c2cc(F)c(-c3ccc(N4CCNCC4)nc3)cc2NC(=O)c2ccc(F)cc2C(F)(F)F)CCN1C. The normalized spacial score (nSPS) is 18.5. The van der Waals surface area contributed by atoms with E-state index in [4.69, 9.17) is 0 Å². The highest BCUT2D eigenvalue weighted by molar-refractivity contribution is 6.07. The molecule has 1 amide bonds. The van der Waals surface area contributed by atoms with Gasteiger partial charge in [0, 0.05) is 69.2 Å². The van der Waals surface area contributed by atoms with Gasteiger partial charge in [0.1, 0.15) is 17.5 Å². The van der Waals surface area contributed by atoms with E-state index in [-0.39, 0.29) is 17.3 Å². The first-order valence-electron chi connectivity index (χ1n) is 13.4. The fourth-order valence-corrected chi connectivity index (χ4v) is 5.18. The topological polar surface area (TPSA) is 63.7 Å². The van der Waals surface area contributed by atoms with Crippen LogP contribution in [-0.2, 0) is 6.18 Å². The van der Waals surface area contributed by atoms with Crippen LogP contribution >= 0.6 is 0 Å². The Bertz CT molecular complexity index is 1410. The molecule has 1 aromatic heterocycles. The molecule has 218 valence electrons. The maximum absolute atomic E-state index is 15.6. The number of likely N-dealkylation sites (N-methyl/N-ethyl adjacent to an activating group) is 1. The highest BCUT2D eigenvalue weighted by Crippen LogP contribution is 2.37. The fraction of sp³-hybridized carbons (Fsp3) is 0.379. The summed E-state index contributed by atoms with van der Waals surface area (Å²) in [7, 11) is 1.97. The van der Waals surface area contributed by atoms with Gasteiger partial charge in [-0.15, -0.1) is 0 Å². The molecule has 2 N–H and O–H groups in total. The molecule has 3 heterocycles. The van der Waals surface area contributed by atoms with Gasteiger partial charge in [-0.2, -0.15) is 13.2 Å². The first-order valence-corrected chi connectivity index (χ1v) is 13.4. The lowest BCUT2D eigenvalue weighted by Crippen LogP contribution is -2.50. The van der Waals surface area contributed by atoms with Crippen LogP contribution in [0.25, 0.3) is 11.1 Å². The van der Waals surface area contributed by atoms with Crippen LogP contribution in [0.2, 0.25) is 0 Å². The average Bonchev–Trinajstić information content (AvgIpc) is 2.95. The summed E-state index contributed by atoms with van der Waals surface area (Å²) in [6.07, 6.45) is -3.41. The third kappa shape index (κ3) is 6.28. The number of amides is 1. The third-order valence-electron chi connectivity index (χ3n) is 7.67. The monoisotopic (exact) mass is 574 g/mol. The highest BCUT2D eigenvalue weighted by Gasteiger charge is 2.36. The molecule has 41 heavy (non-hydrogen) atoms. The van der Waals surface area contributed by atoms with Crippen LogP contribution in [0.4, 0.5) is 39.1 Å². The Labute approximate surface area is 235 Å². The number of pyridine rings is 1. The van der Waals surface area contributed by atoms with Gasteiger partial charge >= 0.3 is 6.18 Å². The Morgan fingerprint density at radius 3 is 2.41 bits per heavy atom. The number of hydrogen-bond donors (Lipinski definition) is 2. The van der Waals surface area contributed by atoms with E-state index in [9.17, 15) is 22.4 Å². The molecule has 7 nitrogen and oxygen atoms in total. The van der Waals surface area contributed by atoms with Crippen LogP contribution in [-0.4, -0.2) is 74.7 Å². The Balaban J connectivity index is 1.52. The summed E-state index contributed by atoms with van der Waals surface area (Å²) in [6, 6.07) is 8.25. The summed E-state index contributed by atoms with van der Waals surface area (Å²) < 4.78 is 70.3. The lowest BCUT2D eigenvalue weighted by Gasteiger charge is -2.39. The van der Waals surface area contributed by atoms with E-state index in [1.165, 1.54) is 12.1 Å². The van der Waals surface area contributed by atoms with Crippen LogP contribution in [0.1, 0.15) is 22.8 Å². The molecule has 2 fully saturated rings. The van der Waals surface area contributed by atoms with Crippen molar-refractivity contribution in [1.82, 2.24) is 15.2 Å². The smallest absolute Gasteiger partial charge is 0.367 e. The number of nitrogens with zero attached hydrogens (tertiary/aromatic N) is 4. The summed E-state index contributed by atoms with van der Waals surface area (Å²) in [5.41, 5.74) is -1.04. The molecule has 1 atom stereocenters. The number of aromatic nitrogens is 1. The summed E-state index contributed by atoms with van der Waals surface area (Å²) in [5.74, 6) is -1.99. The predicted molar refractivity (Wildman–Crippen MR) is 148 cm³/mol. The summed E-state index contributed by atoms with van der Waals surface area (Å²) in [6.45, 7) is 6.96. The van der Waals surface area contributed by atoms with Gasteiger partial charge < -0.3 is 25.3 Å². The van der Waals surface area contributed by atoms with Crippen molar-refractivity contribution in [2.75, 3.05) is 68.0 Å². The molecule has 2 aliphatic heterocycles. The maximum atomic E-state index is 15.6. The molecule has 0 unspecified atom stereocenters. The van der Waals surface area contributed by atoms with Crippen LogP contribution in [0.3, 0.4) is 0 Å². The van der Waals surface area contributed by atoms with Crippen LogP contribution in [0.5, 0.6) is 0 Å². The quantitative estimate of drug-likeness (QED) is 0.425. The summed E-state index contributed by atoms with van der Waals surface area (Å²) in [5, 5.41) is 5.84. The number of nitrogens with one attached hydrogen (secondary N) is 2. The zero-order valence-electron chi connectivity index (χ0n) is 22.7. The Hall–Kier alpha value is -3.77. The van der Waals surface area contributed by atoms with Crippen molar-refractivity contribution >= 4 is 23.1 Å². The molecular weight excluding hydrogens is 543 g/mol. The minimum Gasteiger partial charge on any atom is -0.367 e. The number of piperazine rings is 2. The number of carbonyl (C=O) groups is 1. The Morgan fingerprint density at radius 2 is 1.76 bits per heavy atom. The fourth-order valence-electron chi connectivity index (χ4n) is 5.18. The standard InChI is InChI=1S/C29H31F5N6O/c1-18-17-40(12-11-38(18)2)26-15-24(31)22(19-3-6-27(36-16-19)39-9-7-35-8-10-39)14-25(26)37-28(41)21-5-4-20(30)13-23(21)29(32,33)34/h3-6,13-16,18,35H,7-12,17H2,1-2H3,(H,37,41)/t18-/m0/s1. The molecule has 2 aliphatic rings. The van der Waals surface area contributed by atoms with Gasteiger partial charge in [-0.05, 0) is 56.4 Å². The molecule has 2 aromatic carbocycles. The van der Waals surface area contributed by atoms with Gasteiger partial charge in [0.2, 0.25) is 0 Å². The van der Waals surface area contributed by atoms with Gasteiger partial charge in [0.15, 0.2) is 0 Å². The molecule has 0 bridgehead atoms. The zero-order chi connectivity index (χ0) is 29.3. The molecule has 2 saturated heterocycles. The van der Waals surface area contributed by atoms with Crippen molar-refractivity contribution in [3.05, 3.63) is 71.4 Å². The maximum Gasteiger partial charge on any atom is 0.417 e.